The lowest BCUT2D eigenvalue weighted by atomic mass is 9.48. The largest absolute Gasteiger partial charge is 0.496 e. The Hall–Kier alpha value is -2.04. The summed E-state index contributed by atoms with van der Waals surface area (Å²) in [6.07, 6.45) is 9.68. The molecule has 4 aliphatic carbocycles. The summed E-state index contributed by atoms with van der Waals surface area (Å²) in [5, 5.41) is 7.12. The van der Waals surface area contributed by atoms with E-state index in [1.54, 1.807) is 13.3 Å². The number of carbonyl (C=O) groups excluding carboxylic acids is 1. The average Bonchev–Trinajstić information content (AvgIpc) is 2.64. The highest BCUT2D eigenvalue weighted by Crippen LogP contribution is 2.61. The Bertz CT molecular complexity index is 680. The minimum Gasteiger partial charge on any atom is -0.496 e. The number of nitrogens with one attached hydrogen (secondary N) is 1. The van der Waals surface area contributed by atoms with Crippen LogP contribution >= 0.6 is 0 Å². The van der Waals surface area contributed by atoms with Gasteiger partial charge in [0.1, 0.15) is 5.75 Å². The Morgan fingerprint density at radius 3 is 2.48 bits per heavy atom. The van der Waals surface area contributed by atoms with Crippen LogP contribution in [0, 0.1) is 23.2 Å². The van der Waals surface area contributed by atoms with Crippen LogP contribution in [0.2, 0.25) is 0 Å². The van der Waals surface area contributed by atoms with Crippen molar-refractivity contribution in [1.29, 1.82) is 0 Å². The molecule has 146 valence electrons. The van der Waals surface area contributed by atoms with Gasteiger partial charge in [-0.2, -0.15) is 0 Å². The van der Waals surface area contributed by atoms with Gasteiger partial charge < -0.3 is 14.9 Å². The summed E-state index contributed by atoms with van der Waals surface area (Å²) >= 11 is 0. The molecule has 0 aromatic heterocycles. The van der Waals surface area contributed by atoms with E-state index in [0.717, 1.165) is 29.1 Å². The molecule has 4 saturated carbocycles. The lowest BCUT2D eigenvalue weighted by Crippen LogP contribution is -2.56. The number of ether oxygens (including phenoxy) is 1. The van der Waals surface area contributed by atoms with Crippen LogP contribution in [0.1, 0.15) is 51.0 Å². The maximum atomic E-state index is 12.3. The van der Waals surface area contributed by atoms with E-state index in [2.05, 4.69) is 17.4 Å². The lowest BCUT2D eigenvalue weighted by Gasteiger charge is -2.59. The van der Waals surface area contributed by atoms with Gasteiger partial charge in [-0.15, -0.1) is 0 Å². The molecule has 4 fully saturated rings. The van der Waals surface area contributed by atoms with E-state index >= 15 is 0 Å². The molecular formula is C22H30N2O3. The summed E-state index contributed by atoms with van der Waals surface area (Å²) in [6.45, 7) is 2.13. The molecule has 0 saturated heterocycles. The van der Waals surface area contributed by atoms with E-state index in [1.165, 1.54) is 38.5 Å². The second-order valence-electron chi connectivity index (χ2n) is 8.82. The van der Waals surface area contributed by atoms with Crippen molar-refractivity contribution >= 4 is 12.1 Å². The van der Waals surface area contributed by atoms with Crippen LogP contribution in [0.4, 0.5) is 0 Å². The summed E-state index contributed by atoms with van der Waals surface area (Å²) in [7, 11) is 1.62. The summed E-state index contributed by atoms with van der Waals surface area (Å²) < 4.78 is 5.27. The molecule has 1 atom stereocenters. The van der Waals surface area contributed by atoms with Crippen LogP contribution in [-0.2, 0) is 9.63 Å². The minimum atomic E-state index is -0.0876. The second-order valence-corrected chi connectivity index (χ2v) is 8.82. The zero-order valence-electron chi connectivity index (χ0n) is 16.3. The van der Waals surface area contributed by atoms with Crippen molar-refractivity contribution in [3.63, 3.8) is 0 Å². The van der Waals surface area contributed by atoms with Gasteiger partial charge in [-0.1, -0.05) is 17.3 Å². The van der Waals surface area contributed by atoms with Crippen LogP contribution < -0.4 is 10.1 Å². The number of nitrogens with zero attached hydrogens (tertiary/aromatic N) is 1. The Balaban J connectivity index is 1.28. The zero-order valence-corrected chi connectivity index (χ0v) is 16.3. The molecule has 1 amide bonds. The van der Waals surface area contributed by atoms with E-state index in [0.29, 0.717) is 5.41 Å². The molecule has 27 heavy (non-hydrogen) atoms. The fourth-order valence-electron chi connectivity index (χ4n) is 6.11. The molecule has 1 aromatic carbocycles. The normalized spacial score (nSPS) is 32.4. The van der Waals surface area contributed by atoms with Crippen molar-refractivity contribution in [2.75, 3.05) is 13.7 Å². The highest BCUT2D eigenvalue weighted by atomic mass is 16.6. The maximum Gasteiger partial charge on any atom is 0.261 e. The van der Waals surface area contributed by atoms with Crippen molar-refractivity contribution in [3.8, 4) is 5.75 Å². The molecule has 1 aromatic rings. The molecule has 5 nitrogen and oxygen atoms in total. The van der Waals surface area contributed by atoms with Gasteiger partial charge >= 0.3 is 0 Å². The van der Waals surface area contributed by atoms with Crippen LogP contribution in [-0.4, -0.2) is 31.9 Å². The van der Waals surface area contributed by atoms with Crippen LogP contribution in [0.3, 0.4) is 0 Å². The van der Waals surface area contributed by atoms with Gasteiger partial charge in [0.25, 0.3) is 5.91 Å². The lowest BCUT2D eigenvalue weighted by molar-refractivity contribution is -0.130. The standard InChI is InChI=1S/C22H30N2O3/c1-15(22-10-16-7-17(11-22)9-18(8-16)12-22)24-21(25)14-27-23-13-19-5-3-4-6-20(19)26-2/h3-6,13,15-18H,7-12,14H2,1-2H3,(H,24,25)/b23-13-/t15-,16?,17?,18?,22?/m0/s1. The Morgan fingerprint density at radius 2 is 1.85 bits per heavy atom. The van der Waals surface area contributed by atoms with Gasteiger partial charge in [-0.05, 0) is 80.8 Å². The van der Waals surface area contributed by atoms with E-state index in [9.17, 15) is 4.79 Å². The first-order valence-electron chi connectivity index (χ1n) is 10.2. The maximum absolute atomic E-state index is 12.3. The van der Waals surface area contributed by atoms with Gasteiger partial charge in [-0.25, -0.2) is 0 Å². The van der Waals surface area contributed by atoms with E-state index in [1.807, 2.05) is 24.3 Å². The summed E-state index contributed by atoms with van der Waals surface area (Å²) in [5.41, 5.74) is 1.13. The molecular weight excluding hydrogens is 340 g/mol. The smallest absolute Gasteiger partial charge is 0.261 e. The van der Waals surface area contributed by atoms with Crippen molar-refractivity contribution in [2.24, 2.45) is 28.3 Å². The molecule has 4 bridgehead atoms. The quantitative estimate of drug-likeness (QED) is 0.587. The second kappa shape index (κ2) is 7.53. The third kappa shape index (κ3) is 3.83. The number of methoxy groups -OCH3 is 1. The number of rotatable bonds is 7. The molecule has 5 rings (SSSR count). The van der Waals surface area contributed by atoms with E-state index in [4.69, 9.17) is 9.57 Å². The zero-order chi connectivity index (χ0) is 18.9. The average molecular weight is 370 g/mol. The fraction of sp³-hybridized carbons (Fsp3) is 0.636. The van der Waals surface area contributed by atoms with E-state index in [-0.39, 0.29) is 18.6 Å². The molecule has 0 spiro atoms. The number of hydrogen-bond acceptors (Lipinski definition) is 4. The van der Waals surface area contributed by atoms with Crippen LogP contribution in [0.5, 0.6) is 5.75 Å². The number of hydrogen-bond donors (Lipinski definition) is 1. The SMILES string of the molecule is COc1ccccc1/C=N\OCC(=O)N[C@@H](C)C12CC3CC(CC(C3)C1)C2. The summed E-state index contributed by atoms with van der Waals surface area (Å²) in [4.78, 5) is 17.6. The predicted octanol–water partition coefficient (Wildman–Crippen LogP) is 3.77. The Kier molecular flexibility index (Phi) is 5.11. The third-order valence-electron chi connectivity index (χ3n) is 6.98. The van der Waals surface area contributed by atoms with Crippen molar-refractivity contribution < 1.29 is 14.4 Å². The number of oxime groups is 1. The molecule has 0 unspecified atom stereocenters. The Labute approximate surface area is 161 Å². The van der Waals surface area contributed by atoms with Gasteiger partial charge in [0.15, 0.2) is 6.61 Å². The topological polar surface area (TPSA) is 59.9 Å². The molecule has 4 aliphatic rings. The van der Waals surface area contributed by atoms with Gasteiger partial charge in [0.05, 0.1) is 13.3 Å². The van der Waals surface area contributed by atoms with Crippen molar-refractivity contribution in [3.05, 3.63) is 29.8 Å². The highest BCUT2D eigenvalue weighted by Gasteiger charge is 2.53. The molecule has 0 heterocycles. The minimum absolute atomic E-state index is 0.0532. The van der Waals surface area contributed by atoms with Crippen LogP contribution in [0.25, 0.3) is 0 Å². The first-order valence-corrected chi connectivity index (χ1v) is 10.2. The summed E-state index contributed by atoms with van der Waals surface area (Å²) in [6, 6.07) is 7.77. The fourth-order valence-corrected chi connectivity index (χ4v) is 6.11. The molecule has 0 radical (unpaired) electrons. The number of carbonyl (C=O) groups is 1. The highest BCUT2D eigenvalue weighted by molar-refractivity contribution is 5.83. The van der Waals surface area contributed by atoms with Gasteiger partial charge in [0, 0.05) is 11.6 Å². The van der Waals surface area contributed by atoms with E-state index < -0.39 is 0 Å². The van der Waals surface area contributed by atoms with Crippen molar-refractivity contribution in [2.45, 2.75) is 51.5 Å². The number of benzene rings is 1. The first kappa shape index (κ1) is 18.3. The molecule has 0 aliphatic heterocycles. The Morgan fingerprint density at radius 1 is 1.22 bits per heavy atom. The van der Waals surface area contributed by atoms with Crippen molar-refractivity contribution in [1.82, 2.24) is 5.32 Å². The predicted molar refractivity (Wildman–Crippen MR) is 105 cm³/mol. The van der Waals surface area contributed by atoms with Gasteiger partial charge in [0.2, 0.25) is 0 Å². The monoisotopic (exact) mass is 370 g/mol. The van der Waals surface area contributed by atoms with Gasteiger partial charge in [-0.3, -0.25) is 4.79 Å². The summed E-state index contributed by atoms with van der Waals surface area (Å²) in [5.74, 6) is 3.30. The number of para-hydroxylation sites is 1. The molecule has 1 N–H and O–H groups in total. The number of amides is 1. The molecule has 5 heteroatoms. The van der Waals surface area contributed by atoms with Crippen LogP contribution in [0.15, 0.2) is 29.4 Å². The third-order valence-corrected chi connectivity index (χ3v) is 6.98. The first-order chi connectivity index (χ1) is 13.1.